The molecular formula is C9H17FN2. The van der Waals surface area contributed by atoms with E-state index < -0.39 is 6.17 Å². The molecule has 2 nitrogen and oxygen atoms in total. The first-order valence-electron chi connectivity index (χ1n) is 4.91. The van der Waals surface area contributed by atoms with Crippen LogP contribution in [0.5, 0.6) is 0 Å². The van der Waals surface area contributed by atoms with E-state index in [9.17, 15) is 4.39 Å². The van der Waals surface area contributed by atoms with Gasteiger partial charge in [-0.05, 0) is 12.8 Å². The second-order valence-electron chi connectivity index (χ2n) is 3.90. The fraction of sp³-hybridized carbons (Fsp3) is 1.00. The van der Waals surface area contributed by atoms with Gasteiger partial charge in [-0.2, -0.15) is 0 Å². The molecule has 0 aromatic heterocycles. The fourth-order valence-corrected chi connectivity index (χ4v) is 2.44. The van der Waals surface area contributed by atoms with E-state index in [4.69, 9.17) is 0 Å². The largest absolute Gasteiger partial charge is 0.314 e. The molecule has 2 aliphatic heterocycles. The zero-order valence-electron chi connectivity index (χ0n) is 7.59. The van der Waals surface area contributed by atoms with Crippen LogP contribution < -0.4 is 5.32 Å². The summed E-state index contributed by atoms with van der Waals surface area (Å²) in [6, 6.07) is 1.04. The Bertz CT molecular complexity index is 157. The van der Waals surface area contributed by atoms with Crippen molar-refractivity contribution in [2.45, 2.75) is 38.0 Å². The summed E-state index contributed by atoms with van der Waals surface area (Å²) < 4.78 is 13.1. The topological polar surface area (TPSA) is 15.3 Å². The molecule has 0 radical (unpaired) electrons. The van der Waals surface area contributed by atoms with Gasteiger partial charge in [-0.3, -0.25) is 4.90 Å². The number of rotatable bonds is 1. The van der Waals surface area contributed by atoms with Crippen molar-refractivity contribution in [3.05, 3.63) is 0 Å². The SMILES string of the molecule is CCC1CNC[C@@H]2C[C@H](F)CN12. The number of hydrogen-bond donors (Lipinski definition) is 1. The van der Waals surface area contributed by atoms with Crippen molar-refractivity contribution in [2.75, 3.05) is 19.6 Å². The molecule has 2 heterocycles. The predicted octanol–water partition coefficient (Wildman–Crippen LogP) is 0.781. The summed E-state index contributed by atoms with van der Waals surface area (Å²) in [5, 5.41) is 3.37. The van der Waals surface area contributed by atoms with E-state index in [1.54, 1.807) is 0 Å². The predicted molar refractivity (Wildman–Crippen MR) is 47.0 cm³/mol. The Labute approximate surface area is 73.1 Å². The van der Waals surface area contributed by atoms with Crippen molar-refractivity contribution in [3.63, 3.8) is 0 Å². The van der Waals surface area contributed by atoms with Gasteiger partial charge in [0.2, 0.25) is 0 Å². The van der Waals surface area contributed by atoms with Crippen molar-refractivity contribution in [1.82, 2.24) is 10.2 Å². The summed E-state index contributed by atoms with van der Waals surface area (Å²) in [6.07, 6.45) is 1.30. The minimum Gasteiger partial charge on any atom is -0.314 e. The Morgan fingerprint density at radius 2 is 2.33 bits per heavy atom. The number of hydrogen-bond acceptors (Lipinski definition) is 2. The summed E-state index contributed by atoms with van der Waals surface area (Å²) in [6.45, 7) is 4.88. The van der Waals surface area contributed by atoms with E-state index in [0.717, 1.165) is 25.9 Å². The molecule has 0 spiro atoms. The van der Waals surface area contributed by atoms with Gasteiger partial charge in [0.1, 0.15) is 6.17 Å². The maximum atomic E-state index is 13.1. The highest BCUT2D eigenvalue weighted by molar-refractivity contribution is 4.94. The van der Waals surface area contributed by atoms with Gasteiger partial charge in [0.05, 0.1) is 0 Å². The highest BCUT2D eigenvalue weighted by atomic mass is 19.1. The molecule has 0 amide bonds. The van der Waals surface area contributed by atoms with Crippen molar-refractivity contribution >= 4 is 0 Å². The summed E-state index contributed by atoms with van der Waals surface area (Å²) in [7, 11) is 0. The monoisotopic (exact) mass is 172 g/mol. The second kappa shape index (κ2) is 3.30. The molecule has 1 unspecified atom stereocenters. The average Bonchev–Trinajstić information content (AvgIpc) is 2.44. The summed E-state index contributed by atoms with van der Waals surface area (Å²) in [4.78, 5) is 2.35. The maximum Gasteiger partial charge on any atom is 0.114 e. The fourth-order valence-electron chi connectivity index (χ4n) is 2.44. The summed E-state index contributed by atoms with van der Waals surface area (Å²) >= 11 is 0. The lowest BCUT2D eigenvalue weighted by Crippen LogP contribution is -2.54. The van der Waals surface area contributed by atoms with Crippen molar-refractivity contribution in [3.8, 4) is 0 Å². The maximum absolute atomic E-state index is 13.1. The lowest BCUT2D eigenvalue weighted by atomic mass is 10.1. The molecule has 2 fully saturated rings. The van der Waals surface area contributed by atoms with E-state index in [-0.39, 0.29) is 0 Å². The van der Waals surface area contributed by atoms with E-state index >= 15 is 0 Å². The van der Waals surface area contributed by atoms with Crippen LogP contribution in [-0.2, 0) is 0 Å². The second-order valence-corrected chi connectivity index (χ2v) is 3.90. The molecule has 3 atom stereocenters. The van der Waals surface area contributed by atoms with Crippen LogP contribution in [0.1, 0.15) is 19.8 Å². The Balaban J connectivity index is 2.02. The number of piperazine rings is 1. The van der Waals surface area contributed by atoms with Crippen LogP contribution in [0.15, 0.2) is 0 Å². The summed E-state index contributed by atoms with van der Waals surface area (Å²) in [5.41, 5.74) is 0. The average molecular weight is 172 g/mol. The number of nitrogens with zero attached hydrogens (tertiary/aromatic N) is 1. The van der Waals surface area contributed by atoms with Crippen molar-refractivity contribution < 1.29 is 4.39 Å². The molecule has 12 heavy (non-hydrogen) atoms. The smallest absolute Gasteiger partial charge is 0.114 e. The molecule has 2 rings (SSSR count). The molecule has 0 aromatic rings. The van der Waals surface area contributed by atoms with E-state index in [1.807, 2.05) is 0 Å². The van der Waals surface area contributed by atoms with Gasteiger partial charge in [0.15, 0.2) is 0 Å². The summed E-state index contributed by atoms with van der Waals surface area (Å²) in [5.74, 6) is 0. The third-order valence-corrected chi connectivity index (χ3v) is 3.11. The molecule has 2 aliphatic rings. The minimum absolute atomic E-state index is 0.471. The highest BCUT2D eigenvalue weighted by Gasteiger charge is 2.37. The van der Waals surface area contributed by atoms with Crippen molar-refractivity contribution in [2.24, 2.45) is 0 Å². The molecular weight excluding hydrogens is 155 g/mol. The van der Waals surface area contributed by atoms with E-state index in [0.29, 0.717) is 18.6 Å². The molecule has 1 N–H and O–H groups in total. The van der Waals surface area contributed by atoms with Crippen LogP contribution in [0.4, 0.5) is 4.39 Å². The zero-order valence-corrected chi connectivity index (χ0v) is 7.59. The van der Waals surface area contributed by atoms with Crippen LogP contribution in [-0.4, -0.2) is 42.8 Å². The normalized spacial score (nSPS) is 43.0. The molecule has 0 aliphatic carbocycles. The molecule has 0 aromatic carbocycles. The van der Waals surface area contributed by atoms with Gasteiger partial charge in [-0.15, -0.1) is 0 Å². The molecule has 0 saturated carbocycles. The zero-order chi connectivity index (χ0) is 8.55. The van der Waals surface area contributed by atoms with Gasteiger partial charge in [0.25, 0.3) is 0 Å². The Kier molecular flexibility index (Phi) is 2.33. The van der Waals surface area contributed by atoms with Gasteiger partial charge < -0.3 is 5.32 Å². The van der Waals surface area contributed by atoms with Gasteiger partial charge in [0, 0.05) is 31.7 Å². The van der Waals surface area contributed by atoms with Crippen LogP contribution in [0.25, 0.3) is 0 Å². The van der Waals surface area contributed by atoms with Crippen molar-refractivity contribution in [1.29, 1.82) is 0 Å². The van der Waals surface area contributed by atoms with Crippen LogP contribution in [0.3, 0.4) is 0 Å². The highest BCUT2D eigenvalue weighted by Crippen LogP contribution is 2.25. The molecule has 0 bridgehead atoms. The Hall–Kier alpha value is -0.150. The van der Waals surface area contributed by atoms with E-state index in [2.05, 4.69) is 17.1 Å². The Morgan fingerprint density at radius 1 is 1.50 bits per heavy atom. The van der Waals surface area contributed by atoms with Gasteiger partial charge in [-0.25, -0.2) is 4.39 Å². The standard InChI is InChI=1S/C9H17FN2/c1-2-8-4-11-5-9-3-7(10)6-12(8)9/h7-9,11H,2-6H2,1H3/t7-,8?,9-/m0/s1. The lowest BCUT2D eigenvalue weighted by Gasteiger charge is -2.37. The van der Waals surface area contributed by atoms with Crippen LogP contribution >= 0.6 is 0 Å². The Morgan fingerprint density at radius 3 is 3.08 bits per heavy atom. The first-order chi connectivity index (χ1) is 5.81. The first-order valence-corrected chi connectivity index (χ1v) is 4.91. The quantitative estimate of drug-likeness (QED) is 0.629. The molecule has 3 heteroatoms. The third-order valence-electron chi connectivity index (χ3n) is 3.11. The van der Waals surface area contributed by atoms with E-state index in [1.165, 1.54) is 0 Å². The number of alkyl halides is 1. The third kappa shape index (κ3) is 1.36. The van der Waals surface area contributed by atoms with Crippen LogP contribution in [0.2, 0.25) is 0 Å². The van der Waals surface area contributed by atoms with Gasteiger partial charge >= 0.3 is 0 Å². The van der Waals surface area contributed by atoms with Gasteiger partial charge in [-0.1, -0.05) is 6.92 Å². The number of fused-ring (bicyclic) bond motifs is 1. The minimum atomic E-state index is -0.580. The number of nitrogens with one attached hydrogen (secondary N) is 1. The van der Waals surface area contributed by atoms with Crippen LogP contribution in [0, 0.1) is 0 Å². The number of halogens is 1. The first kappa shape index (κ1) is 8.45. The lowest BCUT2D eigenvalue weighted by molar-refractivity contribution is 0.130. The molecule has 70 valence electrons. The molecule has 2 saturated heterocycles.